The lowest BCUT2D eigenvalue weighted by Crippen LogP contribution is -1.98. The maximum absolute atomic E-state index is 11.0. The Morgan fingerprint density at radius 3 is 2.53 bits per heavy atom. The predicted octanol–water partition coefficient (Wildman–Crippen LogP) is 1.59. The van der Waals surface area contributed by atoms with Crippen molar-refractivity contribution >= 4 is 20.9 Å². The zero-order valence-corrected chi connectivity index (χ0v) is 8.32. The standard InChI is InChI=1S/C10H7O4S/c11-8-4-5-9-7(6-8)2-1-3-10(9)15(12,13)14/h1-5,11H,(H,12,13,14). The third-order valence-corrected chi connectivity index (χ3v) is 2.93. The van der Waals surface area contributed by atoms with Crippen LogP contribution in [0, 0.1) is 6.07 Å². The second-order valence-corrected chi connectivity index (χ2v) is 4.43. The maximum Gasteiger partial charge on any atom is 0.295 e. The molecule has 0 aliphatic carbocycles. The molecule has 2 aromatic rings. The highest BCUT2D eigenvalue weighted by Gasteiger charge is 2.13. The van der Waals surface area contributed by atoms with Crippen molar-refractivity contribution in [3.05, 3.63) is 36.4 Å². The van der Waals surface area contributed by atoms with Gasteiger partial charge in [-0.2, -0.15) is 8.42 Å². The Morgan fingerprint density at radius 2 is 1.87 bits per heavy atom. The van der Waals surface area contributed by atoms with Crippen LogP contribution in [0.1, 0.15) is 0 Å². The van der Waals surface area contributed by atoms with Crippen LogP contribution < -0.4 is 0 Å². The van der Waals surface area contributed by atoms with E-state index in [0.717, 1.165) is 0 Å². The summed E-state index contributed by atoms with van der Waals surface area (Å²) in [6, 6.07) is 9.69. The van der Waals surface area contributed by atoms with Crippen molar-refractivity contribution in [1.29, 1.82) is 0 Å². The molecule has 2 aromatic carbocycles. The lowest BCUT2D eigenvalue weighted by atomic mass is 10.1. The van der Waals surface area contributed by atoms with Crippen LogP contribution in [0.25, 0.3) is 10.8 Å². The topological polar surface area (TPSA) is 74.6 Å². The molecule has 0 aromatic heterocycles. The van der Waals surface area contributed by atoms with Crippen molar-refractivity contribution in [2.45, 2.75) is 4.90 Å². The molecular weight excluding hydrogens is 216 g/mol. The molecule has 0 unspecified atom stereocenters. The van der Waals surface area contributed by atoms with E-state index in [1.54, 1.807) is 6.07 Å². The third-order valence-electron chi connectivity index (χ3n) is 2.01. The zero-order chi connectivity index (χ0) is 11.1. The molecule has 4 nitrogen and oxygen atoms in total. The quantitative estimate of drug-likeness (QED) is 0.720. The van der Waals surface area contributed by atoms with Crippen LogP contribution in [0.4, 0.5) is 0 Å². The lowest BCUT2D eigenvalue weighted by Gasteiger charge is -2.03. The molecule has 0 saturated carbocycles. The van der Waals surface area contributed by atoms with Crippen molar-refractivity contribution in [2.75, 3.05) is 0 Å². The highest BCUT2D eigenvalue weighted by atomic mass is 32.2. The summed E-state index contributed by atoms with van der Waals surface area (Å²) >= 11 is 0. The summed E-state index contributed by atoms with van der Waals surface area (Å²) in [5, 5.41) is 9.92. The number of rotatable bonds is 1. The second kappa shape index (κ2) is 3.22. The second-order valence-electron chi connectivity index (χ2n) is 3.04. The minimum atomic E-state index is -4.24. The molecule has 0 spiro atoms. The molecule has 0 aliphatic heterocycles. The van der Waals surface area contributed by atoms with Crippen molar-refractivity contribution in [2.24, 2.45) is 0 Å². The Bertz CT molecular complexity index is 616. The van der Waals surface area contributed by atoms with Crippen LogP contribution in [0.15, 0.2) is 35.2 Å². The summed E-state index contributed by atoms with van der Waals surface area (Å²) in [6.07, 6.45) is 0. The number of phenolic OH excluding ortho intramolecular Hbond substituents is 1. The minimum absolute atomic E-state index is 0.0741. The zero-order valence-electron chi connectivity index (χ0n) is 7.51. The van der Waals surface area contributed by atoms with E-state index in [-0.39, 0.29) is 10.6 Å². The molecule has 0 bridgehead atoms. The summed E-state index contributed by atoms with van der Waals surface area (Å²) in [6.45, 7) is 0. The average Bonchev–Trinajstić information content (AvgIpc) is 2.15. The molecule has 5 heteroatoms. The molecule has 0 saturated heterocycles. The van der Waals surface area contributed by atoms with Crippen LogP contribution in [-0.2, 0) is 10.1 Å². The number of hydrogen-bond acceptors (Lipinski definition) is 3. The first-order chi connectivity index (χ1) is 6.98. The van der Waals surface area contributed by atoms with Crippen molar-refractivity contribution in [3.8, 4) is 5.75 Å². The van der Waals surface area contributed by atoms with Gasteiger partial charge in [-0.05, 0) is 23.6 Å². The summed E-state index contributed by atoms with van der Waals surface area (Å²) in [5.41, 5.74) is 0. The molecule has 0 atom stereocenters. The van der Waals surface area contributed by atoms with E-state index in [4.69, 9.17) is 9.66 Å². The van der Waals surface area contributed by atoms with Crippen LogP contribution in [0.3, 0.4) is 0 Å². The molecule has 0 amide bonds. The van der Waals surface area contributed by atoms with E-state index >= 15 is 0 Å². The van der Waals surface area contributed by atoms with E-state index in [2.05, 4.69) is 6.07 Å². The summed E-state index contributed by atoms with van der Waals surface area (Å²) in [4.78, 5) is -0.184. The Balaban J connectivity index is 2.89. The van der Waals surface area contributed by atoms with Crippen molar-refractivity contribution < 1.29 is 18.1 Å². The fourth-order valence-corrected chi connectivity index (χ4v) is 2.10. The van der Waals surface area contributed by atoms with Gasteiger partial charge >= 0.3 is 0 Å². The highest BCUT2D eigenvalue weighted by Crippen LogP contribution is 2.25. The van der Waals surface area contributed by atoms with Crippen molar-refractivity contribution in [1.82, 2.24) is 0 Å². The molecule has 15 heavy (non-hydrogen) atoms. The van der Waals surface area contributed by atoms with E-state index in [1.807, 2.05) is 0 Å². The van der Waals surface area contributed by atoms with Gasteiger partial charge in [-0.3, -0.25) is 4.55 Å². The SMILES string of the molecule is O=S(=O)(O)c1cccc2[c]c(O)ccc12. The van der Waals surface area contributed by atoms with Crippen LogP contribution in [0.2, 0.25) is 0 Å². The Morgan fingerprint density at radius 1 is 1.13 bits per heavy atom. The van der Waals surface area contributed by atoms with Gasteiger partial charge in [0.05, 0.1) is 0 Å². The molecule has 0 fully saturated rings. The number of benzene rings is 2. The molecule has 2 N–H and O–H groups in total. The van der Waals surface area contributed by atoms with Crippen molar-refractivity contribution in [3.63, 3.8) is 0 Å². The number of fused-ring (bicyclic) bond motifs is 1. The van der Waals surface area contributed by atoms with Gasteiger partial charge in [-0.1, -0.05) is 12.1 Å². The molecule has 1 radical (unpaired) electrons. The predicted molar refractivity (Wildman–Crippen MR) is 54.3 cm³/mol. The lowest BCUT2D eigenvalue weighted by molar-refractivity contribution is 0.474. The Kier molecular flexibility index (Phi) is 2.13. The Hall–Kier alpha value is -1.59. The van der Waals surface area contributed by atoms with Gasteiger partial charge in [0.2, 0.25) is 0 Å². The molecule has 0 heterocycles. The Labute approximate surface area is 86.5 Å². The van der Waals surface area contributed by atoms with Crippen LogP contribution in [-0.4, -0.2) is 18.1 Å². The molecule has 0 aliphatic rings. The third kappa shape index (κ3) is 1.79. The van der Waals surface area contributed by atoms with Gasteiger partial charge in [0.15, 0.2) is 0 Å². The minimum Gasteiger partial charge on any atom is -0.507 e. The number of hydrogen-bond donors (Lipinski definition) is 2. The molecular formula is C10H7O4S. The monoisotopic (exact) mass is 223 g/mol. The van der Waals surface area contributed by atoms with E-state index in [1.165, 1.54) is 24.3 Å². The van der Waals surface area contributed by atoms with Gasteiger partial charge in [0.1, 0.15) is 10.6 Å². The molecule has 2 rings (SSSR count). The normalized spacial score (nSPS) is 11.8. The first-order valence-corrected chi connectivity index (χ1v) is 5.54. The van der Waals surface area contributed by atoms with Gasteiger partial charge in [-0.15, -0.1) is 0 Å². The van der Waals surface area contributed by atoms with Gasteiger partial charge < -0.3 is 5.11 Å². The first kappa shape index (κ1) is 9.95. The summed E-state index contributed by atoms with van der Waals surface area (Å²) < 4.78 is 31.0. The van der Waals surface area contributed by atoms with Gasteiger partial charge in [-0.25, -0.2) is 0 Å². The van der Waals surface area contributed by atoms with Gasteiger partial charge in [0.25, 0.3) is 10.1 Å². The fraction of sp³-hybridized carbons (Fsp3) is 0. The van der Waals surface area contributed by atoms with Crippen LogP contribution >= 0.6 is 0 Å². The first-order valence-electron chi connectivity index (χ1n) is 4.10. The highest BCUT2D eigenvalue weighted by molar-refractivity contribution is 7.86. The largest absolute Gasteiger partial charge is 0.507 e. The maximum atomic E-state index is 11.0. The summed E-state index contributed by atoms with van der Waals surface area (Å²) in [5.74, 6) is -0.0741. The summed E-state index contributed by atoms with van der Waals surface area (Å²) in [7, 11) is -4.24. The van der Waals surface area contributed by atoms with Crippen LogP contribution in [0.5, 0.6) is 5.75 Å². The van der Waals surface area contributed by atoms with E-state index in [9.17, 15) is 8.42 Å². The van der Waals surface area contributed by atoms with E-state index in [0.29, 0.717) is 10.8 Å². The number of phenols is 1. The average molecular weight is 223 g/mol. The van der Waals surface area contributed by atoms with Gasteiger partial charge in [0, 0.05) is 11.5 Å². The molecule has 77 valence electrons. The smallest absolute Gasteiger partial charge is 0.295 e. The number of aromatic hydroxyl groups is 1. The van der Waals surface area contributed by atoms with E-state index < -0.39 is 10.1 Å². The fourth-order valence-electron chi connectivity index (χ4n) is 1.39.